The van der Waals surface area contributed by atoms with E-state index in [1.165, 1.54) is 30.3 Å². The van der Waals surface area contributed by atoms with Crippen molar-refractivity contribution < 1.29 is 189 Å². The van der Waals surface area contributed by atoms with Crippen LogP contribution in [0.5, 0.6) is 5.75 Å². The molecule has 6 rings (SSSR count). The Labute approximate surface area is 459 Å². The van der Waals surface area contributed by atoms with E-state index in [-0.39, 0.29) is 176 Å². The normalized spacial score (nSPS) is 14.7. The summed E-state index contributed by atoms with van der Waals surface area (Å²) in [7, 11) is -20.6. The molecule has 0 heterocycles. The zero-order valence-corrected chi connectivity index (χ0v) is 45.7. The van der Waals surface area contributed by atoms with Gasteiger partial charge in [0.2, 0.25) is 11.6 Å². The Morgan fingerprint density at radius 2 is 0.969 bits per heavy atom. The quantitative estimate of drug-likeness (QED) is 0.0582. The van der Waals surface area contributed by atoms with Crippen LogP contribution in [-0.2, 0) is 40.5 Å². The molecule has 4 aromatic rings. The van der Waals surface area contributed by atoms with Gasteiger partial charge in [-0.2, -0.15) is 10.2 Å². The molecule has 4 N–H and O–H groups in total. The number of carbonyl (C=O) groups excluding carboxylic acids is 3. The predicted molar refractivity (Wildman–Crippen MR) is 212 cm³/mol. The average Bonchev–Trinajstić information content (AvgIpc) is 3.16. The SMILES string of the molecule is CCOc1ccc(N/N=C2\C(=O)c3ccc(NC(=O)Nc4ccc5c(c4)C=C(S(=O)(=O)[O-])/C(=N/Nc4ccc(S(=O)(=O)[O-])cc4)C5=O)cc3C=C2S(=O)(=O)[O-])cc1S(=O)(=O)[O-].[Na+].[Na+].[Na+].[Na+]. The fourth-order valence-corrected chi connectivity index (χ4v) is 8.11. The Morgan fingerprint density at radius 3 is 1.37 bits per heavy atom. The van der Waals surface area contributed by atoms with Gasteiger partial charge in [0.25, 0.3) is 0 Å². The molecule has 2 aliphatic carbocycles. The Morgan fingerprint density at radius 1 is 0.554 bits per heavy atom. The minimum atomic E-state index is -5.40. The molecule has 22 nitrogen and oxygen atoms in total. The van der Waals surface area contributed by atoms with Gasteiger partial charge in [-0.05, 0) is 109 Å². The fraction of sp³-hybridized carbons (Fsp3) is 0.0571. The molecular weight excluding hydrogens is 981 g/mol. The number of nitrogens with one attached hydrogen (secondary N) is 4. The maximum Gasteiger partial charge on any atom is 1.00 e. The van der Waals surface area contributed by atoms with E-state index < -0.39 is 89.1 Å². The number of ether oxygens (including phenoxy) is 1. The molecule has 0 fully saturated rings. The number of hydrogen-bond donors (Lipinski definition) is 4. The van der Waals surface area contributed by atoms with Gasteiger partial charge in [0, 0.05) is 22.5 Å². The van der Waals surface area contributed by atoms with E-state index in [1.807, 2.05) is 0 Å². The number of fused-ring (bicyclic) bond motifs is 2. The Bertz CT molecular complexity index is 3170. The molecule has 0 aliphatic heterocycles. The summed E-state index contributed by atoms with van der Waals surface area (Å²) in [5, 5.41) is 12.3. The minimum Gasteiger partial charge on any atom is -0.744 e. The summed E-state index contributed by atoms with van der Waals surface area (Å²) < 4.78 is 147. The van der Waals surface area contributed by atoms with Crippen LogP contribution < -0.4 is 144 Å². The molecule has 30 heteroatoms. The Balaban J connectivity index is 0.00000363. The molecule has 2 aliphatic rings. The number of urea groups is 1. The largest absolute Gasteiger partial charge is 1.00 e. The molecule has 318 valence electrons. The van der Waals surface area contributed by atoms with Crippen LogP contribution in [0.4, 0.5) is 27.5 Å². The monoisotopic (exact) mass is 1000 g/mol. The van der Waals surface area contributed by atoms with Crippen molar-refractivity contribution in [2.75, 3.05) is 28.1 Å². The van der Waals surface area contributed by atoms with E-state index in [4.69, 9.17) is 4.74 Å². The third-order valence-corrected chi connectivity index (χ3v) is 11.8. The number of ketones is 2. The van der Waals surface area contributed by atoms with Crippen molar-refractivity contribution in [2.45, 2.75) is 16.7 Å². The minimum absolute atomic E-state index is 0. The summed E-state index contributed by atoms with van der Waals surface area (Å²) in [4.78, 5) is 36.3. The second-order valence-electron chi connectivity index (χ2n) is 12.4. The van der Waals surface area contributed by atoms with Gasteiger partial charge >= 0.3 is 124 Å². The van der Waals surface area contributed by atoms with E-state index in [0.29, 0.717) is 0 Å². The maximum absolute atomic E-state index is 13.4. The van der Waals surface area contributed by atoms with Crippen LogP contribution in [-0.4, -0.2) is 87.5 Å². The van der Waals surface area contributed by atoms with Gasteiger partial charge in [-0.1, -0.05) is 0 Å². The van der Waals surface area contributed by atoms with Crippen LogP contribution in [0, 0.1) is 0 Å². The maximum atomic E-state index is 13.4. The van der Waals surface area contributed by atoms with E-state index in [2.05, 4.69) is 31.7 Å². The number of anilines is 4. The third-order valence-electron chi connectivity index (χ3n) is 8.37. The number of nitrogens with zero attached hydrogens (tertiary/aromatic N) is 2. The summed E-state index contributed by atoms with van der Waals surface area (Å²) in [6.45, 7) is 1.56. The first-order valence-corrected chi connectivity index (χ1v) is 22.3. The van der Waals surface area contributed by atoms with Crippen molar-refractivity contribution in [1.29, 1.82) is 0 Å². The summed E-state index contributed by atoms with van der Waals surface area (Å²) in [6.07, 6.45) is 1.65. The third kappa shape index (κ3) is 14.2. The number of carbonyl (C=O) groups is 3. The van der Waals surface area contributed by atoms with E-state index in [0.717, 1.165) is 60.7 Å². The van der Waals surface area contributed by atoms with Gasteiger partial charge in [0.15, 0.2) is 0 Å². The van der Waals surface area contributed by atoms with Gasteiger partial charge in [-0.3, -0.25) is 20.4 Å². The number of Topliss-reactive ketones (excluding diaryl/α,β-unsaturated/α-hetero) is 2. The van der Waals surface area contributed by atoms with Crippen LogP contribution >= 0.6 is 0 Å². The first-order chi connectivity index (χ1) is 28.4. The number of rotatable bonds is 12. The van der Waals surface area contributed by atoms with Crippen LogP contribution in [0.3, 0.4) is 0 Å². The molecule has 0 spiro atoms. The zero-order valence-electron chi connectivity index (χ0n) is 34.4. The van der Waals surface area contributed by atoms with Gasteiger partial charge in [-0.25, -0.2) is 38.5 Å². The zero-order chi connectivity index (χ0) is 44.7. The molecule has 0 saturated carbocycles. The van der Waals surface area contributed by atoms with Crippen molar-refractivity contribution in [3.05, 3.63) is 111 Å². The van der Waals surface area contributed by atoms with Crippen LogP contribution in [0.15, 0.2) is 109 Å². The van der Waals surface area contributed by atoms with E-state index >= 15 is 0 Å². The predicted octanol–water partition coefficient (Wildman–Crippen LogP) is -9.35. The molecule has 2 amide bonds. The molecule has 4 aromatic carbocycles. The smallest absolute Gasteiger partial charge is 0.744 e. The number of hydrogen-bond acceptors (Lipinski definition) is 20. The topological polar surface area (TPSA) is 362 Å². The van der Waals surface area contributed by atoms with Crippen LogP contribution in [0.1, 0.15) is 38.8 Å². The molecule has 0 aromatic heterocycles. The Hall–Kier alpha value is -2.65. The average molecular weight is 1000 g/mol. The van der Waals surface area contributed by atoms with Crippen molar-refractivity contribution in [3.63, 3.8) is 0 Å². The molecule has 0 atom stereocenters. The second kappa shape index (κ2) is 23.1. The number of amides is 2. The summed E-state index contributed by atoms with van der Waals surface area (Å²) >= 11 is 0. The van der Waals surface area contributed by atoms with Crippen LogP contribution in [0.2, 0.25) is 0 Å². The summed E-state index contributed by atoms with van der Waals surface area (Å²) in [5.41, 5.74) is 2.11. The standard InChI is InChI=1S/C35H28N6O16S4.4Na/c1-2-57-27-12-7-23(17-28(27)59(48,49)50)39-41-32-30(61(54,55)56)16-19-14-22(6-11-26(19)34(32)43)37-35(44)36-21-5-10-25-18(13-21)15-29(60(51,52)53)31(33(25)42)40-38-20-3-8-24(9-4-20)58(45,46)47;;;;/h3-17,38-39H,2H2,1H3,(H2,36,37,44)(H,45,46,47)(H,48,49,50)(H,51,52,53)(H,54,55,56);;;;/q;4*+1/p-4/b40-31-,41-32-;;;;. The first kappa shape index (κ1) is 58.5. The molecule has 0 radical (unpaired) electrons. The molecule has 0 bridgehead atoms. The van der Waals surface area contributed by atoms with Crippen molar-refractivity contribution >= 4 is 104 Å². The molecule has 65 heavy (non-hydrogen) atoms. The van der Waals surface area contributed by atoms with Crippen LogP contribution in [0.25, 0.3) is 12.2 Å². The molecule has 0 saturated heterocycles. The second-order valence-corrected chi connectivity index (χ2v) is 17.9. The van der Waals surface area contributed by atoms with Crippen molar-refractivity contribution in [1.82, 2.24) is 0 Å². The first-order valence-electron chi connectivity index (χ1n) is 16.7. The van der Waals surface area contributed by atoms with Crippen molar-refractivity contribution in [2.24, 2.45) is 10.2 Å². The van der Waals surface area contributed by atoms with E-state index in [1.54, 1.807) is 6.92 Å². The van der Waals surface area contributed by atoms with E-state index in [9.17, 15) is 66.3 Å². The number of benzene rings is 4. The van der Waals surface area contributed by atoms with Gasteiger partial charge in [0.1, 0.15) is 57.6 Å². The fourth-order valence-electron chi connectivity index (χ4n) is 5.70. The van der Waals surface area contributed by atoms with Gasteiger partial charge < -0.3 is 33.6 Å². The van der Waals surface area contributed by atoms with Gasteiger partial charge in [0.05, 0.1) is 37.6 Å². The Kier molecular flexibility index (Phi) is 20.8. The molecule has 0 unspecified atom stereocenters. The molecular formula is C35H24N6Na4O16S4. The van der Waals surface area contributed by atoms with Gasteiger partial charge in [-0.15, -0.1) is 0 Å². The summed E-state index contributed by atoms with van der Waals surface area (Å²) in [5.74, 6) is -2.36. The summed E-state index contributed by atoms with van der Waals surface area (Å²) in [6, 6.07) is 13.4. The van der Waals surface area contributed by atoms with Crippen molar-refractivity contribution in [3.8, 4) is 5.75 Å². The number of hydrazone groups is 2. The number of allylic oxidation sites excluding steroid dienone is 2.